The monoisotopic (exact) mass is 371 g/mol. The molecule has 1 N–H and O–H groups in total. The summed E-state index contributed by atoms with van der Waals surface area (Å²) < 4.78 is 5.70. The molecule has 4 saturated carbocycles. The minimum Gasteiger partial charge on any atom is -0.387 e. The highest BCUT2D eigenvalue weighted by atomic mass is 16.5. The Kier molecular flexibility index (Phi) is 4.96. The molecule has 5 rings (SSSR count). The maximum atomic E-state index is 12.8. The van der Waals surface area contributed by atoms with Gasteiger partial charge in [0, 0.05) is 25.3 Å². The second-order valence-corrected chi connectivity index (χ2v) is 9.81. The predicted molar refractivity (Wildman–Crippen MR) is 103 cm³/mol. The third kappa shape index (κ3) is 3.61. The summed E-state index contributed by atoms with van der Waals surface area (Å²) in [5.41, 5.74) is 0.574. The summed E-state index contributed by atoms with van der Waals surface area (Å²) in [7, 11) is 0. The van der Waals surface area contributed by atoms with Crippen LogP contribution in [0.3, 0.4) is 0 Å². The van der Waals surface area contributed by atoms with Crippen molar-refractivity contribution in [3.63, 3.8) is 0 Å². The highest BCUT2D eigenvalue weighted by Gasteiger charge is 2.53. The Labute approximate surface area is 163 Å². The number of hydrogen-bond acceptors (Lipinski definition) is 4. The number of carbonyl (C=O) groups is 1. The van der Waals surface area contributed by atoms with Crippen LogP contribution in [0.4, 0.5) is 0 Å². The van der Waals surface area contributed by atoms with Gasteiger partial charge in [-0.2, -0.15) is 5.26 Å². The number of hydrogen-bond donors (Lipinski definition) is 1. The lowest BCUT2D eigenvalue weighted by molar-refractivity contribution is -0.138. The van der Waals surface area contributed by atoms with Crippen LogP contribution in [0, 0.1) is 34.5 Å². The molecule has 1 heterocycles. The van der Waals surface area contributed by atoms with Crippen molar-refractivity contribution in [2.24, 2.45) is 23.2 Å². The molecule has 5 fully saturated rings. The zero-order valence-corrected chi connectivity index (χ0v) is 16.9. The minimum atomic E-state index is -0.176. The van der Waals surface area contributed by atoms with Crippen LogP contribution in [0.2, 0.25) is 0 Å². The number of nitrogens with zero attached hydrogens (tertiary/aromatic N) is 2. The fourth-order valence-electron chi connectivity index (χ4n) is 6.75. The van der Waals surface area contributed by atoms with Crippen LogP contribution < -0.4 is 5.32 Å². The molecular weight excluding hydrogens is 338 g/mol. The van der Waals surface area contributed by atoms with Gasteiger partial charge in [-0.05, 0) is 82.5 Å². The number of rotatable bonds is 4. The molecule has 1 saturated heterocycles. The average molecular weight is 372 g/mol. The van der Waals surface area contributed by atoms with Crippen LogP contribution >= 0.6 is 0 Å². The first-order valence-corrected chi connectivity index (χ1v) is 10.7. The van der Waals surface area contributed by atoms with Crippen LogP contribution in [0.15, 0.2) is 11.8 Å². The van der Waals surface area contributed by atoms with Gasteiger partial charge in [-0.1, -0.05) is 0 Å². The SMILES string of the molecule is CC1CN(C(=O)/C(C#N)=C\NC(C)C23CC4CC(CC(C4)C2)C3)CC(C)O1. The molecule has 1 amide bonds. The quantitative estimate of drug-likeness (QED) is 0.609. The topological polar surface area (TPSA) is 65.4 Å². The van der Waals surface area contributed by atoms with Crippen molar-refractivity contribution >= 4 is 5.91 Å². The van der Waals surface area contributed by atoms with E-state index < -0.39 is 0 Å². The zero-order chi connectivity index (χ0) is 19.2. The van der Waals surface area contributed by atoms with E-state index in [0.29, 0.717) is 24.5 Å². The maximum absolute atomic E-state index is 12.8. The fourth-order valence-corrected chi connectivity index (χ4v) is 6.75. The maximum Gasteiger partial charge on any atom is 0.266 e. The van der Waals surface area contributed by atoms with Gasteiger partial charge in [0.05, 0.1) is 12.2 Å². The van der Waals surface area contributed by atoms with Crippen molar-refractivity contribution in [1.29, 1.82) is 5.26 Å². The third-order valence-corrected chi connectivity index (χ3v) is 7.54. The van der Waals surface area contributed by atoms with Crippen molar-refractivity contribution in [1.82, 2.24) is 10.2 Å². The Bertz CT molecular complexity index is 620. The van der Waals surface area contributed by atoms with Gasteiger partial charge in [0.1, 0.15) is 11.6 Å². The summed E-state index contributed by atoms with van der Waals surface area (Å²) in [6.45, 7) is 7.29. The highest BCUT2D eigenvalue weighted by Crippen LogP contribution is 2.61. The van der Waals surface area contributed by atoms with Crippen LogP contribution in [-0.4, -0.2) is 42.1 Å². The van der Waals surface area contributed by atoms with Crippen molar-refractivity contribution in [3.05, 3.63) is 11.8 Å². The van der Waals surface area contributed by atoms with E-state index in [1.54, 1.807) is 11.1 Å². The molecule has 0 aromatic carbocycles. The summed E-state index contributed by atoms with van der Waals surface area (Å²) in [6.07, 6.45) is 9.94. The Morgan fingerprint density at radius 2 is 1.67 bits per heavy atom. The van der Waals surface area contributed by atoms with Gasteiger partial charge in [-0.15, -0.1) is 0 Å². The summed E-state index contributed by atoms with van der Waals surface area (Å²) in [5, 5.41) is 13.0. The lowest BCUT2D eigenvalue weighted by Crippen LogP contribution is -2.54. The molecule has 0 aromatic heterocycles. The minimum absolute atomic E-state index is 0.0107. The van der Waals surface area contributed by atoms with Crippen LogP contribution in [-0.2, 0) is 9.53 Å². The van der Waals surface area contributed by atoms with Gasteiger partial charge in [-0.3, -0.25) is 4.79 Å². The second-order valence-electron chi connectivity index (χ2n) is 9.81. The normalized spacial score (nSPS) is 41.9. The first kappa shape index (κ1) is 18.8. The number of nitriles is 1. The van der Waals surface area contributed by atoms with Gasteiger partial charge in [0.25, 0.3) is 5.91 Å². The molecule has 5 aliphatic rings. The largest absolute Gasteiger partial charge is 0.387 e. The summed E-state index contributed by atoms with van der Waals surface area (Å²) in [5.74, 6) is 2.53. The van der Waals surface area contributed by atoms with Crippen LogP contribution in [0.25, 0.3) is 0 Å². The lowest BCUT2D eigenvalue weighted by Gasteiger charge is -2.59. The van der Waals surface area contributed by atoms with E-state index in [1.807, 2.05) is 13.8 Å². The van der Waals surface area contributed by atoms with Gasteiger partial charge >= 0.3 is 0 Å². The summed E-state index contributed by atoms with van der Waals surface area (Å²) in [6, 6.07) is 2.43. The number of nitrogens with one attached hydrogen (secondary N) is 1. The van der Waals surface area contributed by atoms with Gasteiger partial charge < -0.3 is 15.0 Å². The van der Waals surface area contributed by atoms with E-state index >= 15 is 0 Å². The van der Waals surface area contributed by atoms with E-state index in [1.165, 1.54) is 38.5 Å². The average Bonchev–Trinajstić information content (AvgIpc) is 2.59. The molecule has 1 aliphatic heterocycles. The van der Waals surface area contributed by atoms with E-state index in [9.17, 15) is 10.1 Å². The first-order chi connectivity index (χ1) is 12.9. The highest BCUT2D eigenvalue weighted by molar-refractivity contribution is 5.97. The molecule has 27 heavy (non-hydrogen) atoms. The molecule has 0 aromatic rings. The van der Waals surface area contributed by atoms with Gasteiger partial charge in [0.2, 0.25) is 0 Å². The standard InChI is InChI=1S/C22H33N3O2/c1-14-12-25(13-15(2)27-14)21(26)20(10-23)11-24-16(3)22-7-17-4-18(8-22)6-19(5-17)9-22/h11,14-19,24H,4-9,12-13H2,1-3H3/b20-11-. The van der Waals surface area contributed by atoms with Crippen molar-refractivity contribution < 1.29 is 9.53 Å². The molecular formula is C22H33N3O2. The zero-order valence-electron chi connectivity index (χ0n) is 16.9. The number of ether oxygens (including phenoxy) is 1. The van der Waals surface area contributed by atoms with E-state index in [-0.39, 0.29) is 23.7 Å². The first-order valence-electron chi connectivity index (χ1n) is 10.7. The molecule has 3 atom stereocenters. The van der Waals surface area contributed by atoms with Crippen molar-refractivity contribution in [3.8, 4) is 6.07 Å². The Morgan fingerprint density at radius 1 is 1.15 bits per heavy atom. The van der Waals surface area contributed by atoms with Crippen molar-refractivity contribution in [2.45, 2.75) is 77.5 Å². The summed E-state index contributed by atoms with van der Waals surface area (Å²) in [4.78, 5) is 14.6. The Balaban J connectivity index is 1.43. The molecule has 5 nitrogen and oxygen atoms in total. The molecule has 148 valence electrons. The fraction of sp³-hybridized carbons (Fsp3) is 0.818. The van der Waals surface area contributed by atoms with Crippen molar-refractivity contribution in [2.75, 3.05) is 13.1 Å². The number of carbonyl (C=O) groups excluding carboxylic acids is 1. The Hall–Kier alpha value is -1.54. The molecule has 4 aliphatic carbocycles. The third-order valence-electron chi connectivity index (χ3n) is 7.54. The lowest BCUT2D eigenvalue weighted by atomic mass is 9.48. The second kappa shape index (κ2) is 7.13. The Morgan fingerprint density at radius 3 is 2.15 bits per heavy atom. The summed E-state index contributed by atoms with van der Waals surface area (Å²) >= 11 is 0. The molecule has 5 heteroatoms. The van der Waals surface area contributed by atoms with Gasteiger partial charge in [-0.25, -0.2) is 0 Å². The number of amides is 1. The predicted octanol–water partition coefficient (Wildman–Crippen LogP) is 3.22. The van der Waals surface area contributed by atoms with Crippen LogP contribution in [0.1, 0.15) is 59.3 Å². The number of morpholine rings is 1. The molecule has 3 unspecified atom stereocenters. The van der Waals surface area contributed by atoms with E-state index in [4.69, 9.17) is 4.74 Å². The van der Waals surface area contributed by atoms with E-state index in [0.717, 1.165) is 17.8 Å². The van der Waals surface area contributed by atoms with E-state index in [2.05, 4.69) is 18.3 Å². The molecule has 4 bridgehead atoms. The smallest absolute Gasteiger partial charge is 0.266 e. The molecule has 0 spiro atoms. The van der Waals surface area contributed by atoms with Gasteiger partial charge in [0.15, 0.2) is 0 Å². The molecule has 0 radical (unpaired) electrons. The van der Waals surface area contributed by atoms with Crippen LogP contribution in [0.5, 0.6) is 0 Å².